The van der Waals surface area contributed by atoms with Crippen LogP contribution >= 0.6 is 0 Å². The molecular formula is C19H29N4O4S+. The van der Waals surface area contributed by atoms with E-state index in [-0.39, 0.29) is 5.82 Å². The highest BCUT2D eigenvalue weighted by Gasteiger charge is 2.24. The fraction of sp³-hybridized carbons (Fsp3) is 0.474. The molecule has 0 saturated heterocycles. The number of hydrogen-bond acceptors (Lipinski definition) is 6. The molecule has 0 fully saturated rings. The van der Waals surface area contributed by atoms with Gasteiger partial charge in [0.15, 0.2) is 0 Å². The summed E-state index contributed by atoms with van der Waals surface area (Å²) in [5.41, 5.74) is 7.17. The third-order valence-corrected chi connectivity index (χ3v) is 4.67. The Hall–Kier alpha value is -2.39. The van der Waals surface area contributed by atoms with Crippen LogP contribution in [0.3, 0.4) is 0 Å². The monoisotopic (exact) mass is 409 g/mol. The molecule has 1 aromatic carbocycles. The Kier molecular flexibility index (Phi) is 8.01. The standard InChI is InChI=1S/C19H28N4O4S/c1-3-5-6-10-13-18-21-19(14-17(20)23(18)27-28(24,25)26)22(4-2)15-16-11-8-7-9-12-16/h7-9,11-12,14,20H,3-6,10,13,15H2,1-2H3,(H,24,25,26)/p+1. The number of nitrogen functional groups attached to an aromatic ring is 1. The zero-order valence-electron chi connectivity index (χ0n) is 16.4. The van der Waals surface area contributed by atoms with Crippen molar-refractivity contribution in [2.75, 3.05) is 17.2 Å². The first kappa shape index (κ1) is 21.9. The molecule has 154 valence electrons. The number of nitrogens with two attached hydrogens (primary N) is 1. The van der Waals surface area contributed by atoms with Crippen molar-refractivity contribution in [1.29, 1.82) is 0 Å². The summed E-state index contributed by atoms with van der Waals surface area (Å²) in [4.78, 5) is 6.63. The molecule has 1 aromatic heterocycles. The van der Waals surface area contributed by atoms with Gasteiger partial charge in [0, 0.05) is 19.5 Å². The average Bonchev–Trinajstić information content (AvgIpc) is 2.65. The first-order valence-electron chi connectivity index (χ1n) is 9.51. The summed E-state index contributed by atoms with van der Waals surface area (Å²) in [7, 11) is -4.72. The van der Waals surface area contributed by atoms with Gasteiger partial charge in [-0.2, -0.15) is 8.42 Å². The number of hydrogen-bond donors (Lipinski definition) is 2. The molecule has 0 unspecified atom stereocenters. The molecule has 8 nitrogen and oxygen atoms in total. The van der Waals surface area contributed by atoms with Gasteiger partial charge in [0.1, 0.15) is 0 Å². The second-order valence-corrected chi connectivity index (χ2v) is 7.57. The van der Waals surface area contributed by atoms with Crippen LogP contribution in [0.15, 0.2) is 36.4 Å². The summed E-state index contributed by atoms with van der Waals surface area (Å²) in [6, 6.07) is 11.5. The number of aryl methyl sites for hydroxylation is 1. The van der Waals surface area contributed by atoms with Crippen molar-refractivity contribution in [3.8, 4) is 0 Å². The molecule has 28 heavy (non-hydrogen) atoms. The van der Waals surface area contributed by atoms with Gasteiger partial charge in [-0.1, -0.05) is 61.5 Å². The van der Waals surface area contributed by atoms with Crippen molar-refractivity contribution < 1.29 is 22.0 Å². The summed E-state index contributed by atoms with van der Waals surface area (Å²) >= 11 is 0. The Bertz CT molecular complexity index is 860. The Labute approximate surface area is 166 Å². The minimum Gasteiger partial charge on any atom is -0.339 e. The highest BCUT2D eigenvalue weighted by atomic mass is 32.3. The zero-order valence-corrected chi connectivity index (χ0v) is 17.2. The van der Waals surface area contributed by atoms with Crippen molar-refractivity contribution in [3.63, 3.8) is 0 Å². The number of aromatic nitrogens is 2. The molecule has 0 aliphatic carbocycles. The quantitative estimate of drug-likeness (QED) is 0.333. The smallest absolute Gasteiger partial charge is 0.339 e. The van der Waals surface area contributed by atoms with Gasteiger partial charge in [-0.25, -0.2) is 4.28 Å². The Morgan fingerprint density at radius 2 is 1.89 bits per heavy atom. The molecule has 2 rings (SSSR count). The van der Waals surface area contributed by atoms with E-state index in [1.165, 1.54) is 0 Å². The molecule has 0 aliphatic heterocycles. The number of nitrogens with zero attached hydrogens (tertiary/aromatic N) is 3. The molecule has 0 spiro atoms. The highest BCUT2D eigenvalue weighted by molar-refractivity contribution is 7.80. The molecular weight excluding hydrogens is 380 g/mol. The molecule has 0 aliphatic rings. The maximum Gasteiger partial charge on any atom is 0.476 e. The van der Waals surface area contributed by atoms with Crippen LogP contribution in [-0.2, 0) is 23.4 Å². The normalized spacial score (nSPS) is 11.4. The Morgan fingerprint density at radius 1 is 1.18 bits per heavy atom. The number of anilines is 2. The van der Waals surface area contributed by atoms with E-state index in [0.717, 1.165) is 36.0 Å². The van der Waals surface area contributed by atoms with E-state index in [1.807, 2.05) is 42.2 Å². The van der Waals surface area contributed by atoms with E-state index < -0.39 is 10.4 Å². The van der Waals surface area contributed by atoms with Gasteiger partial charge in [0.05, 0.1) is 6.07 Å². The van der Waals surface area contributed by atoms with E-state index in [1.54, 1.807) is 6.07 Å². The van der Waals surface area contributed by atoms with Crippen molar-refractivity contribution in [1.82, 2.24) is 4.98 Å². The topological polar surface area (TPSA) is 110 Å². The van der Waals surface area contributed by atoms with E-state index in [2.05, 4.69) is 16.2 Å². The van der Waals surface area contributed by atoms with Crippen LogP contribution in [-0.4, -0.2) is 24.5 Å². The molecule has 2 aromatic rings. The predicted octanol–water partition coefficient (Wildman–Crippen LogP) is 2.33. The van der Waals surface area contributed by atoms with Crippen molar-refractivity contribution >= 4 is 22.0 Å². The first-order valence-corrected chi connectivity index (χ1v) is 10.9. The number of rotatable bonds is 11. The third-order valence-electron chi connectivity index (χ3n) is 4.33. The van der Waals surface area contributed by atoms with Gasteiger partial charge in [0.2, 0.25) is 5.82 Å². The van der Waals surface area contributed by atoms with Crippen LogP contribution in [0.4, 0.5) is 11.6 Å². The van der Waals surface area contributed by atoms with Gasteiger partial charge < -0.3 is 10.6 Å². The Balaban J connectivity index is 2.34. The second kappa shape index (κ2) is 10.2. The molecule has 0 bridgehead atoms. The van der Waals surface area contributed by atoms with Crippen LogP contribution in [0.25, 0.3) is 0 Å². The molecule has 0 amide bonds. The van der Waals surface area contributed by atoms with Crippen LogP contribution in [0.1, 0.15) is 50.9 Å². The summed E-state index contributed by atoms with van der Waals surface area (Å²) < 4.78 is 37.1. The van der Waals surface area contributed by atoms with Crippen LogP contribution in [0.5, 0.6) is 0 Å². The Morgan fingerprint density at radius 3 is 2.50 bits per heavy atom. The third kappa shape index (κ3) is 6.65. The molecule has 9 heteroatoms. The minimum absolute atomic E-state index is 0.0552. The lowest BCUT2D eigenvalue weighted by molar-refractivity contribution is -0.853. The molecule has 1 heterocycles. The lowest BCUT2D eigenvalue weighted by atomic mass is 10.1. The molecule has 0 atom stereocenters. The van der Waals surface area contributed by atoms with Crippen LogP contribution < -0.4 is 19.6 Å². The largest absolute Gasteiger partial charge is 0.476 e. The van der Waals surface area contributed by atoms with E-state index in [4.69, 9.17) is 10.3 Å². The first-order chi connectivity index (χ1) is 13.3. The average molecular weight is 410 g/mol. The van der Waals surface area contributed by atoms with Gasteiger partial charge in [-0.3, -0.25) is 4.55 Å². The van der Waals surface area contributed by atoms with Crippen molar-refractivity contribution in [2.24, 2.45) is 0 Å². The zero-order chi connectivity index (χ0) is 20.6. The van der Waals surface area contributed by atoms with E-state index >= 15 is 0 Å². The lowest BCUT2D eigenvalue weighted by Gasteiger charge is -2.20. The molecule has 3 N–H and O–H groups in total. The number of benzene rings is 1. The highest BCUT2D eigenvalue weighted by Crippen LogP contribution is 2.17. The summed E-state index contributed by atoms with van der Waals surface area (Å²) in [6.07, 6.45) is 4.43. The summed E-state index contributed by atoms with van der Waals surface area (Å²) in [5, 5.41) is 0. The lowest BCUT2D eigenvalue weighted by Crippen LogP contribution is -2.52. The van der Waals surface area contributed by atoms with Crippen LogP contribution in [0.2, 0.25) is 0 Å². The van der Waals surface area contributed by atoms with Crippen LogP contribution in [0, 0.1) is 0 Å². The molecule has 0 radical (unpaired) electrons. The fourth-order valence-electron chi connectivity index (χ4n) is 2.92. The minimum atomic E-state index is -4.72. The maximum atomic E-state index is 11.2. The van der Waals surface area contributed by atoms with Gasteiger partial charge in [0.25, 0.3) is 11.6 Å². The fourth-order valence-corrected chi connectivity index (χ4v) is 3.28. The summed E-state index contributed by atoms with van der Waals surface area (Å²) in [6.45, 7) is 5.46. The second-order valence-electron chi connectivity index (χ2n) is 6.56. The summed E-state index contributed by atoms with van der Waals surface area (Å²) in [5.74, 6) is 1.04. The molecule has 0 saturated carbocycles. The van der Waals surface area contributed by atoms with E-state index in [9.17, 15) is 8.42 Å². The van der Waals surface area contributed by atoms with Gasteiger partial charge >= 0.3 is 10.4 Å². The van der Waals surface area contributed by atoms with Gasteiger partial charge in [-0.15, -0.1) is 0 Å². The predicted molar refractivity (Wildman–Crippen MR) is 108 cm³/mol. The van der Waals surface area contributed by atoms with Gasteiger partial charge in [-0.05, 0) is 23.6 Å². The van der Waals surface area contributed by atoms with E-state index in [0.29, 0.717) is 31.2 Å². The van der Waals surface area contributed by atoms with Crippen molar-refractivity contribution in [2.45, 2.75) is 52.5 Å². The number of unbranched alkanes of at least 4 members (excludes halogenated alkanes) is 3. The van der Waals surface area contributed by atoms with Crippen molar-refractivity contribution in [3.05, 3.63) is 47.8 Å². The maximum absolute atomic E-state index is 11.2. The SMILES string of the molecule is CCCCCCc1nc(N(CC)Cc2ccccc2)cc(N)[n+]1OS(=O)(=O)O.